The standard InChI is InChI=1S/C14H13Cl2NO2/c1-19-14-9(3-2-4-11(14)16)13(18)10-7-8(15)5-6-12(10)17/h2-7,13,18H,17H2,1H3/t13-/m0/s1. The van der Waals surface area contributed by atoms with Gasteiger partial charge in [-0.1, -0.05) is 35.3 Å². The number of nitrogen functional groups attached to an aromatic ring is 1. The average molecular weight is 298 g/mol. The van der Waals surface area contributed by atoms with Gasteiger partial charge in [-0.05, 0) is 24.3 Å². The molecule has 2 aromatic carbocycles. The number of benzene rings is 2. The van der Waals surface area contributed by atoms with Crippen LogP contribution < -0.4 is 10.5 Å². The van der Waals surface area contributed by atoms with Crippen LogP contribution >= 0.6 is 23.2 Å². The Kier molecular flexibility index (Phi) is 4.20. The van der Waals surface area contributed by atoms with Crippen molar-refractivity contribution in [3.8, 4) is 5.75 Å². The van der Waals surface area contributed by atoms with Gasteiger partial charge in [0.2, 0.25) is 0 Å². The molecule has 0 aliphatic heterocycles. The van der Waals surface area contributed by atoms with Crippen LogP contribution in [0.3, 0.4) is 0 Å². The second-order valence-electron chi connectivity index (χ2n) is 4.04. The Morgan fingerprint density at radius 1 is 1.16 bits per heavy atom. The van der Waals surface area contributed by atoms with E-state index in [2.05, 4.69) is 0 Å². The van der Waals surface area contributed by atoms with Gasteiger partial charge < -0.3 is 15.6 Å². The summed E-state index contributed by atoms with van der Waals surface area (Å²) in [7, 11) is 1.50. The average Bonchev–Trinajstić information content (AvgIpc) is 2.40. The van der Waals surface area contributed by atoms with Gasteiger partial charge >= 0.3 is 0 Å². The molecule has 1 atom stereocenters. The van der Waals surface area contributed by atoms with Crippen LogP contribution in [0.5, 0.6) is 5.75 Å². The fraction of sp³-hybridized carbons (Fsp3) is 0.143. The molecule has 2 aromatic rings. The van der Waals surface area contributed by atoms with Crippen molar-refractivity contribution in [2.24, 2.45) is 0 Å². The van der Waals surface area contributed by atoms with E-state index >= 15 is 0 Å². The largest absolute Gasteiger partial charge is 0.495 e. The first-order chi connectivity index (χ1) is 9.04. The number of ether oxygens (including phenoxy) is 1. The molecule has 0 aliphatic rings. The molecular formula is C14H13Cl2NO2. The van der Waals surface area contributed by atoms with Crippen LogP contribution in [0.4, 0.5) is 5.69 Å². The molecule has 0 saturated carbocycles. The summed E-state index contributed by atoms with van der Waals surface area (Å²) in [6.07, 6.45) is -0.952. The summed E-state index contributed by atoms with van der Waals surface area (Å²) in [6, 6.07) is 10.1. The van der Waals surface area contributed by atoms with Gasteiger partial charge in [-0.25, -0.2) is 0 Å². The first-order valence-corrected chi connectivity index (χ1v) is 6.35. The Labute approximate surface area is 121 Å². The van der Waals surface area contributed by atoms with E-state index in [0.29, 0.717) is 32.6 Å². The predicted octanol–water partition coefficient (Wildman–Crippen LogP) is 3.67. The molecular weight excluding hydrogens is 285 g/mol. The van der Waals surface area contributed by atoms with Gasteiger partial charge in [-0.3, -0.25) is 0 Å². The summed E-state index contributed by atoms with van der Waals surface area (Å²) in [5, 5.41) is 11.4. The summed E-state index contributed by atoms with van der Waals surface area (Å²) >= 11 is 12.0. The van der Waals surface area contributed by atoms with Crippen molar-refractivity contribution in [2.45, 2.75) is 6.10 Å². The second-order valence-corrected chi connectivity index (χ2v) is 4.88. The number of anilines is 1. The van der Waals surface area contributed by atoms with Crippen molar-refractivity contribution in [1.29, 1.82) is 0 Å². The third-order valence-electron chi connectivity index (χ3n) is 2.84. The highest BCUT2D eigenvalue weighted by molar-refractivity contribution is 6.32. The van der Waals surface area contributed by atoms with E-state index in [1.165, 1.54) is 7.11 Å². The molecule has 0 unspecified atom stereocenters. The van der Waals surface area contributed by atoms with Crippen LogP contribution in [-0.4, -0.2) is 12.2 Å². The maximum Gasteiger partial charge on any atom is 0.143 e. The smallest absolute Gasteiger partial charge is 0.143 e. The van der Waals surface area contributed by atoms with E-state index in [4.69, 9.17) is 33.7 Å². The molecule has 5 heteroatoms. The molecule has 0 heterocycles. The normalized spacial score (nSPS) is 12.2. The topological polar surface area (TPSA) is 55.5 Å². The van der Waals surface area contributed by atoms with Crippen molar-refractivity contribution in [3.05, 3.63) is 57.6 Å². The van der Waals surface area contributed by atoms with Crippen molar-refractivity contribution >= 4 is 28.9 Å². The number of halogens is 2. The van der Waals surface area contributed by atoms with E-state index in [9.17, 15) is 5.11 Å². The fourth-order valence-electron chi connectivity index (χ4n) is 1.91. The molecule has 3 nitrogen and oxygen atoms in total. The Morgan fingerprint density at radius 2 is 1.89 bits per heavy atom. The highest BCUT2D eigenvalue weighted by Crippen LogP contribution is 2.37. The van der Waals surface area contributed by atoms with Crippen LogP contribution in [0.1, 0.15) is 17.2 Å². The minimum absolute atomic E-state index is 0.427. The van der Waals surface area contributed by atoms with Crippen LogP contribution in [0, 0.1) is 0 Å². The van der Waals surface area contributed by atoms with Crippen LogP contribution in [0.2, 0.25) is 10.0 Å². The Hall–Kier alpha value is -1.42. The number of para-hydroxylation sites is 1. The number of aliphatic hydroxyl groups excluding tert-OH is 1. The highest BCUT2D eigenvalue weighted by atomic mass is 35.5. The van der Waals surface area contributed by atoms with Gasteiger partial charge in [0.05, 0.1) is 12.1 Å². The van der Waals surface area contributed by atoms with Gasteiger partial charge in [-0.15, -0.1) is 0 Å². The number of hydrogen-bond donors (Lipinski definition) is 2. The third kappa shape index (κ3) is 2.78. The molecule has 0 bridgehead atoms. The Bertz CT molecular complexity index is 602. The molecule has 100 valence electrons. The first kappa shape index (κ1) is 14.0. The summed E-state index contributed by atoms with van der Waals surface area (Å²) in [5.41, 5.74) is 7.39. The third-order valence-corrected chi connectivity index (χ3v) is 3.37. The van der Waals surface area contributed by atoms with Crippen LogP contribution in [0.25, 0.3) is 0 Å². The quantitative estimate of drug-likeness (QED) is 0.850. The summed E-state index contributed by atoms with van der Waals surface area (Å²) in [6.45, 7) is 0. The molecule has 0 amide bonds. The van der Waals surface area contributed by atoms with Gasteiger partial charge in [0.25, 0.3) is 0 Å². The predicted molar refractivity (Wildman–Crippen MR) is 77.9 cm³/mol. The maximum absolute atomic E-state index is 10.5. The van der Waals surface area contributed by atoms with Gasteiger partial charge in [0.1, 0.15) is 11.9 Å². The minimum atomic E-state index is -0.952. The zero-order valence-electron chi connectivity index (χ0n) is 10.2. The molecule has 0 aromatic heterocycles. The second kappa shape index (κ2) is 5.70. The molecule has 0 aliphatic carbocycles. The van der Waals surface area contributed by atoms with E-state index in [1.807, 2.05) is 0 Å². The molecule has 0 radical (unpaired) electrons. The first-order valence-electron chi connectivity index (χ1n) is 5.60. The lowest BCUT2D eigenvalue weighted by molar-refractivity contribution is 0.215. The molecule has 2 rings (SSSR count). The number of hydrogen-bond acceptors (Lipinski definition) is 3. The van der Waals surface area contributed by atoms with Crippen molar-refractivity contribution < 1.29 is 9.84 Å². The Morgan fingerprint density at radius 3 is 2.58 bits per heavy atom. The van der Waals surface area contributed by atoms with Crippen molar-refractivity contribution in [1.82, 2.24) is 0 Å². The summed E-state index contributed by atoms with van der Waals surface area (Å²) < 4.78 is 5.22. The van der Waals surface area contributed by atoms with Gasteiger partial charge in [0.15, 0.2) is 0 Å². The molecule has 0 spiro atoms. The van der Waals surface area contributed by atoms with E-state index < -0.39 is 6.10 Å². The van der Waals surface area contributed by atoms with Gasteiger partial charge in [0, 0.05) is 21.8 Å². The number of nitrogens with two attached hydrogens (primary N) is 1. The van der Waals surface area contributed by atoms with E-state index in [1.54, 1.807) is 36.4 Å². The maximum atomic E-state index is 10.5. The van der Waals surface area contributed by atoms with Crippen molar-refractivity contribution in [3.63, 3.8) is 0 Å². The SMILES string of the molecule is COc1c(Cl)cccc1[C@H](O)c1cc(Cl)ccc1N. The monoisotopic (exact) mass is 297 g/mol. The lowest BCUT2D eigenvalue weighted by Gasteiger charge is -2.17. The Balaban J connectivity index is 2.52. The van der Waals surface area contributed by atoms with Crippen LogP contribution in [0.15, 0.2) is 36.4 Å². The summed E-state index contributed by atoms with van der Waals surface area (Å²) in [4.78, 5) is 0. The molecule has 19 heavy (non-hydrogen) atoms. The fourth-order valence-corrected chi connectivity index (χ4v) is 2.35. The zero-order valence-corrected chi connectivity index (χ0v) is 11.7. The number of rotatable bonds is 3. The molecule has 0 saturated heterocycles. The number of methoxy groups -OCH3 is 1. The van der Waals surface area contributed by atoms with Crippen molar-refractivity contribution in [2.75, 3.05) is 12.8 Å². The van der Waals surface area contributed by atoms with E-state index in [-0.39, 0.29) is 0 Å². The minimum Gasteiger partial charge on any atom is -0.495 e. The molecule has 3 N–H and O–H groups in total. The lowest BCUT2D eigenvalue weighted by atomic mass is 9.99. The lowest BCUT2D eigenvalue weighted by Crippen LogP contribution is -2.06. The zero-order chi connectivity index (χ0) is 14.0. The highest BCUT2D eigenvalue weighted by Gasteiger charge is 2.19. The van der Waals surface area contributed by atoms with Crippen LogP contribution in [-0.2, 0) is 0 Å². The van der Waals surface area contributed by atoms with E-state index in [0.717, 1.165) is 0 Å². The summed E-state index contributed by atoms with van der Waals surface area (Å²) in [5.74, 6) is 0.427. The van der Waals surface area contributed by atoms with Gasteiger partial charge in [-0.2, -0.15) is 0 Å². The molecule has 0 fully saturated rings. The number of aliphatic hydroxyl groups is 1.